The van der Waals surface area contributed by atoms with Gasteiger partial charge in [0.15, 0.2) is 0 Å². The first kappa shape index (κ1) is 14.8. The Morgan fingerprint density at radius 2 is 1.75 bits per heavy atom. The van der Waals surface area contributed by atoms with Crippen LogP contribution in [0.25, 0.3) is 0 Å². The number of rotatable bonds is 4. The van der Waals surface area contributed by atoms with Crippen LogP contribution in [0.3, 0.4) is 0 Å². The van der Waals surface area contributed by atoms with Crippen molar-refractivity contribution in [1.29, 1.82) is 0 Å². The molecule has 2 aromatic rings. The fourth-order valence-electron chi connectivity index (χ4n) is 2.05. The molecule has 20 heavy (non-hydrogen) atoms. The molecule has 0 saturated heterocycles. The molecular weight excluding hydrogens is 272 g/mol. The van der Waals surface area contributed by atoms with Crippen LogP contribution in [0.5, 0.6) is 0 Å². The second-order valence-corrected chi connectivity index (χ2v) is 5.40. The van der Waals surface area contributed by atoms with E-state index >= 15 is 0 Å². The Hall–Kier alpha value is -1.58. The summed E-state index contributed by atoms with van der Waals surface area (Å²) in [5.41, 5.74) is 2.03. The van der Waals surface area contributed by atoms with Crippen molar-refractivity contribution in [1.82, 2.24) is 4.98 Å². The van der Waals surface area contributed by atoms with Gasteiger partial charge in [-0.1, -0.05) is 23.7 Å². The smallest absolute Gasteiger partial charge is 0.129 e. The predicted molar refractivity (Wildman–Crippen MR) is 83.1 cm³/mol. The van der Waals surface area contributed by atoms with Crippen LogP contribution < -0.4 is 4.90 Å². The normalized spacial score (nSPS) is 13.8. The SMILES string of the molecule is CC(c1ccc(Cl)cc1)N(C)c1cc([C@H](C)O)ccn1. The standard InChI is InChI=1S/C16H19ClN2O/c1-11(13-4-6-15(17)7-5-13)19(3)16-10-14(12(2)20)8-9-18-16/h4-12,20H,1-3H3/t11?,12-/m0/s1. The topological polar surface area (TPSA) is 36.4 Å². The van der Waals surface area contributed by atoms with E-state index in [0.29, 0.717) is 0 Å². The van der Waals surface area contributed by atoms with Crippen molar-refractivity contribution in [2.24, 2.45) is 0 Å². The Balaban J connectivity index is 2.24. The average molecular weight is 291 g/mol. The van der Waals surface area contributed by atoms with Crippen LogP contribution in [0.4, 0.5) is 5.82 Å². The number of benzene rings is 1. The maximum Gasteiger partial charge on any atom is 0.129 e. The first-order valence-corrected chi connectivity index (χ1v) is 6.99. The molecule has 0 radical (unpaired) electrons. The molecule has 1 aromatic heterocycles. The molecule has 0 amide bonds. The van der Waals surface area contributed by atoms with E-state index in [2.05, 4.69) is 16.8 Å². The minimum Gasteiger partial charge on any atom is -0.389 e. The van der Waals surface area contributed by atoms with E-state index in [1.807, 2.05) is 43.4 Å². The Morgan fingerprint density at radius 3 is 2.35 bits per heavy atom. The highest BCUT2D eigenvalue weighted by molar-refractivity contribution is 6.30. The summed E-state index contributed by atoms with van der Waals surface area (Å²) in [6.45, 7) is 3.86. The number of aromatic nitrogens is 1. The van der Waals surface area contributed by atoms with Gasteiger partial charge in [-0.15, -0.1) is 0 Å². The van der Waals surface area contributed by atoms with Gasteiger partial charge >= 0.3 is 0 Å². The quantitative estimate of drug-likeness (QED) is 0.925. The average Bonchev–Trinajstić information content (AvgIpc) is 2.46. The summed E-state index contributed by atoms with van der Waals surface area (Å²) < 4.78 is 0. The van der Waals surface area contributed by atoms with E-state index in [0.717, 1.165) is 16.4 Å². The summed E-state index contributed by atoms with van der Waals surface area (Å²) >= 11 is 5.91. The van der Waals surface area contributed by atoms with E-state index in [4.69, 9.17) is 11.6 Å². The maximum atomic E-state index is 9.66. The highest BCUT2D eigenvalue weighted by Crippen LogP contribution is 2.26. The molecule has 1 N–H and O–H groups in total. The van der Waals surface area contributed by atoms with Crippen LogP contribution in [0.1, 0.15) is 37.1 Å². The van der Waals surface area contributed by atoms with Crippen LogP contribution in [0.15, 0.2) is 42.6 Å². The third-order valence-electron chi connectivity index (χ3n) is 3.55. The Labute approximate surface area is 124 Å². The van der Waals surface area contributed by atoms with Crippen molar-refractivity contribution >= 4 is 17.4 Å². The number of aliphatic hydroxyl groups excluding tert-OH is 1. The van der Waals surface area contributed by atoms with Crippen LogP contribution in [0.2, 0.25) is 5.02 Å². The molecule has 1 aromatic carbocycles. The molecule has 1 heterocycles. The fraction of sp³-hybridized carbons (Fsp3) is 0.312. The Morgan fingerprint density at radius 1 is 1.10 bits per heavy atom. The van der Waals surface area contributed by atoms with Crippen LogP contribution in [-0.2, 0) is 0 Å². The minimum atomic E-state index is -0.490. The van der Waals surface area contributed by atoms with E-state index < -0.39 is 6.10 Å². The zero-order chi connectivity index (χ0) is 14.7. The molecule has 2 atom stereocenters. The molecule has 106 valence electrons. The molecule has 1 unspecified atom stereocenters. The number of nitrogens with zero attached hydrogens (tertiary/aromatic N) is 2. The van der Waals surface area contributed by atoms with Crippen LogP contribution in [-0.4, -0.2) is 17.1 Å². The minimum absolute atomic E-state index is 0.170. The van der Waals surface area contributed by atoms with E-state index in [1.54, 1.807) is 13.1 Å². The van der Waals surface area contributed by atoms with Gasteiger partial charge in [0, 0.05) is 18.3 Å². The van der Waals surface area contributed by atoms with Gasteiger partial charge in [-0.3, -0.25) is 0 Å². The summed E-state index contributed by atoms with van der Waals surface area (Å²) in [5, 5.41) is 10.4. The Bertz CT molecular complexity index is 569. The molecule has 2 rings (SSSR count). The first-order chi connectivity index (χ1) is 9.49. The van der Waals surface area contributed by atoms with Gasteiger partial charge < -0.3 is 10.0 Å². The third kappa shape index (κ3) is 3.30. The Kier molecular flexibility index (Phi) is 4.63. The lowest BCUT2D eigenvalue weighted by atomic mass is 10.1. The number of hydrogen-bond acceptors (Lipinski definition) is 3. The number of pyridine rings is 1. The van der Waals surface area contributed by atoms with Gasteiger partial charge in [-0.25, -0.2) is 4.98 Å². The monoisotopic (exact) mass is 290 g/mol. The zero-order valence-corrected chi connectivity index (χ0v) is 12.7. The number of hydrogen-bond donors (Lipinski definition) is 1. The lowest BCUT2D eigenvalue weighted by Gasteiger charge is -2.27. The van der Waals surface area contributed by atoms with Crippen molar-refractivity contribution in [3.63, 3.8) is 0 Å². The van der Waals surface area contributed by atoms with Crippen LogP contribution >= 0.6 is 11.6 Å². The molecule has 0 fully saturated rings. The van der Waals surface area contributed by atoms with E-state index in [9.17, 15) is 5.11 Å². The molecule has 0 aliphatic heterocycles. The molecular formula is C16H19ClN2O. The van der Waals surface area contributed by atoms with Gasteiger partial charge in [0.2, 0.25) is 0 Å². The van der Waals surface area contributed by atoms with E-state index in [-0.39, 0.29) is 6.04 Å². The fourth-order valence-corrected chi connectivity index (χ4v) is 2.18. The summed E-state index contributed by atoms with van der Waals surface area (Å²) in [6.07, 6.45) is 1.23. The second kappa shape index (κ2) is 6.25. The summed E-state index contributed by atoms with van der Waals surface area (Å²) in [6, 6.07) is 11.7. The summed E-state index contributed by atoms with van der Waals surface area (Å²) in [7, 11) is 1.99. The number of anilines is 1. The summed E-state index contributed by atoms with van der Waals surface area (Å²) in [5.74, 6) is 0.839. The van der Waals surface area contributed by atoms with Crippen molar-refractivity contribution in [3.05, 3.63) is 58.7 Å². The highest BCUT2D eigenvalue weighted by atomic mass is 35.5. The largest absolute Gasteiger partial charge is 0.389 e. The second-order valence-electron chi connectivity index (χ2n) is 4.96. The zero-order valence-electron chi connectivity index (χ0n) is 11.9. The van der Waals surface area contributed by atoms with Gasteiger partial charge in [-0.2, -0.15) is 0 Å². The highest BCUT2D eigenvalue weighted by Gasteiger charge is 2.14. The summed E-state index contributed by atoms with van der Waals surface area (Å²) in [4.78, 5) is 6.45. The molecule has 4 heteroatoms. The van der Waals surface area contributed by atoms with Gasteiger partial charge in [-0.05, 0) is 49.2 Å². The van der Waals surface area contributed by atoms with Crippen LogP contribution in [0, 0.1) is 0 Å². The molecule has 3 nitrogen and oxygen atoms in total. The van der Waals surface area contributed by atoms with E-state index in [1.165, 1.54) is 5.56 Å². The molecule has 0 aliphatic carbocycles. The maximum absolute atomic E-state index is 9.66. The molecule has 0 saturated carbocycles. The van der Waals surface area contributed by atoms with Gasteiger partial charge in [0.05, 0.1) is 12.1 Å². The number of aliphatic hydroxyl groups is 1. The molecule has 0 bridgehead atoms. The van der Waals surface area contributed by atoms with Gasteiger partial charge in [0.1, 0.15) is 5.82 Å². The van der Waals surface area contributed by atoms with Crippen molar-refractivity contribution in [2.45, 2.75) is 26.0 Å². The molecule has 0 aliphatic rings. The third-order valence-corrected chi connectivity index (χ3v) is 3.80. The van der Waals surface area contributed by atoms with Crippen molar-refractivity contribution in [2.75, 3.05) is 11.9 Å². The lowest BCUT2D eigenvalue weighted by molar-refractivity contribution is 0.199. The first-order valence-electron chi connectivity index (χ1n) is 6.61. The lowest BCUT2D eigenvalue weighted by Crippen LogP contribution is -2.22. The van der Waals surface area contributed by atoms with Crippen molar-refractivity contribution < 1.29 is 5.11 Å². The predicted octanol–water partition coefficient (Wildman–Crippen LogP) is 3.99. The molecule has 0 spiro atoms. The van der Waals surface area contributed by atoms with Gasteiger partial charge in [0.25, 0.3) is 0 Å². The van der Waals surface area contributed by atoms with Crippen molar-refractivity contribution in [3.8, 4) is 0 Å². The number of halogens is 1.